The summed E-state index contributed by atoms with van der Waals surface area (Å²) in [4.78, 5) is 20.5. The average molecular weight is 337 g/mol. The van der Waals surface area contributed by atoms with Gasteiger partial charge in [0.1, 0.15) is 5.54 Å². The Bertz CT molecular complexity index is 417. The normalized spacial score (nSPS) is 27.1. The van der Waals surface area contributed by atoms with E-state index in [1.54, 1.807) is 0 Å². The van der Waals surface area contributed by atoms with Crippen molar-refractivity contribution in [1.29, 1.82) is 0 Å². The monoisotopic (exact) mass is 336 g/mol. The lowest BCUT2D eigenvalue weighted by Crippen LogP contribution is -2.64. The van der Waals surface area contributed by atoms with E-state index in [0.717, 1.165) is 51.9 Å². The van der Waals surface area contributed by atoms with Gasteiger partial charge in [0, 0.05) is 38.3 Å². The van der Waals surface area contributed by atoms with Crippen LogP contribution in [-0.4, -0.2) is 84.5 Å². The topological polar surface area (TPSA) is 38.8 Å². The fourth-order valence-corrected chi connectivity index (χ4v) is 4.82. The number of amides is 1. The number of carbonyl (C=O) groups excluding carboxylic acids is 1. The van der Waals surface area contributed by atoms with E-state index in [1.165, 1.54) is 25.9 Å². The third-order valence-electron chi connectivity index (χ3n) is 6.22. The average Bonchev–Trinajstić information content (AvgIpc) is 3.11. The highest BCUT2D eigenvalue weighted by atomic mass is 16.2. The molecule has 0 aromatic heterocycles. The highest BCUT2D eigenvalue weighted by molar-refractivity contribution is 5.86. The van der Waals surface area contributed by atoms with Crippen LogP contribution in [0.25, 0.3) is 0 Å². The lowest BCUT2D eigenvalue weighted by Gasteiger charge is -2.46. The summed E-state index contributed by atoms with van der Waals surface area (Å²) in [5.41, 5.74) is -0.332. The van der Waals surface area contributed by atoms with Crippen molar-refractivity contribution in [2.24, 2.45) is 0 Å². The van der Waals surface area contributed by atoms with Gasteiger partial charge in [-0.25, -0.2) is 0 Å². The fraction of sp³-hybridized carbons (Fsp3) is 0.947. The Kier molecular flexibility index (Phi) is 5.83. The van der Waals surface area contributed by atoms with Crippen LogP contribution in [0.4, 0.5) is 0 Å². The molecule has 0 spiro atoms. The number of rotatable bonds is 4. The van der Waals surface area contributed by atoms with Gasteiger partial charge in [0.25, 0.3) is 0 Å². The number of piperidine rings is 2. The molecule has 3 saturated heterocycles. The van der Waals surface area contributed by atoms with Crippen molar-refractivity contribution >= 4 is 5.91 Å². The number of hydrogen-bond donors (Lipinski definition) is 1. The van der Waals surface area contributed by atoms with Crippen LogP contribution in [0, 0.1) is 0 Å². The van der Waals surface area contributed by atoms with E-state index in [2.05, 4.69) is 40.9 Å². The predicted molar refractivity (Wildman–Crippen MR) is 98.1 cm³/mol. The SMILES string of the molecule is CC(C)NC1(C(=O)N2CCC(N3CCCC3)CC2)CCN(C)CC1. The van der Waals surface area contributed by atoms with Gasteiger partial charge in [-0.3, -0.25) is 4.79 Å². The fourth-order valence-electron chi connectivity index (χ4n) is 4.82. The first-order chi connectivity index (χ1) is 11.5. The summed E-state index contributed by atoms with van der Waals surface area (Å²) in [5.74, 6) is 0.365. The summed E-state index contributed by atoms with van der Waals surface area (Å²) >= 11 is 0. The van der Waals surface area contributed by atoms with E-state index in [4.69, 9.17) is 0 Å². The van der Waals surface area contributed by atoms with E-state index < -0.39 is 0 Å². The van der Waals surface area contributed by atoms with Crippen LogP contribution in [0.5, 0.6) is 0 Å². The zero-order valence-electron chi connectivity index (χ0n) is 15.9. The van der Waals surface area contributed by atoms with Crippen LogP contribution >= 0.6 is 0 Å². The molecule has 5 heteroatoms. The van der Waals surface area contributed by atoms with Crippen LogP contribution in [0.3, 0.4) is 0 Å². The number of nitrogens with one attached hydrogen (secondary N) is 1. The maximum Gasteiger partial charge on any atom is 0.242 e. The summed E-state index contributed by atoms with van der Waals surface area (Å²) in [6.07, 6.45) is 6.90. The molecular formula is C19H36N4O. The van der Waals surface area contributed by atoms with Gasteiger partial charge in [-0.1, -0.05) is 0 Å². The minimum Gasteiger partial charge on any atom is -0.341 e. The molecule has 3 aliphatic rings. The van der Waals surface area contributed by atoms with Gasteiger partial charge in [-0.2, -0.15) is 0 Å². The first-order valence-electron chi connectivity index (χ1n) is 10.00. The summed E-state index contributed by atoms with van der Waals surface area (Å²) in [6, 6.07) is 1.06. The van der Waals surface area contributed by atoms with Gasteiger partial charge in [0.15, 0.2) is 0 Å². The molecule has 3 rings (SSSR count). The summed E-state index contributed by atoms with van der Waals surface area (Å²) in [5, 5.41) is 3.65. The van der Waals surface area contributed by atoms with Crippen molar-refractivity contribution in [2.45, 2.75) is 70.0 Å². The largest absolute Gasteiger partial charge is 0.341 e. The Morgan fingerprint density at radius 2 is 1.58 bits per heavy atom. The van der Waals surface area contributed by atoms with Crippen molar-refractivity contribution < 1.29 is 4.79 Å². The Morgan fingerprint density at radius 3 is 2.12 bits per heavy atom. The van der Waals surface area contributed by atoms with E-state index in [9.17, 15) is 4.79 Å². The van der Waals surface area contributed by atoms with Crippen molar-refractivity contribution in [3.8, 4) is 0 Å². The molecule has 24 heavy (non-hydrogen) atoms. The highest BCUT2D eigenvalue weighted by Crippen LogP contribution is 2.28. The molecule has 1 amide bonds. The van der Waals surface area contributed by atoms with Gasteiger partial charge in [0.05, 0.1) is 0 Å². The second kappa shape index (κ2) is 7.71. The third-order valence-corrected chi connectivity index (χ3v) is 6.22. The highest BCUT2D eigenvalue weighted by Gasteiger charge is 2.44. The molecule has 1 N–H and O–H groups in total. The Morgan fingerprint density at radius 1 is 1.00 bits per heavy atom. The number of carbonyl (C=O) groups is 1. The minimum absolute atomic E-state index is 0.332. The van der Waals surface area contributed by atoms with Crippen molar-refractivity contribution in [3.63, 3.8) is 0 Å². The Hall–Kier alpha value is -0.650. The van der Waals surface area contributed by atoms with Gasteiger partial charge in [0.2, 0.25) is 5.91 Å². The molecule has 138 valence electrons. The number of hydrogen-bond acceptors (Lipinski definition) is 4. The molecule has 0 unspecified atom stereocenters. The lowest BCUT2D eigenvalue weighted by atomic mass is 9.84. The van der Waals surface area contributed by atoms with Crippen LogP contribution < -0.4 is 5.32 Å². The smallest absolute Gasteiger partial charge is 0.242 e. The van der Waals surface area contributed by atoms with Crippen molar-refractivity contribution in [1.82, 2.24) is 20.0 Å². The molecule has 0 aromatic carbocycles. The maximum absolute atomic E-state index is 13.4. The van der Waals surface area contributed by atoms with E-state index in [-0.39, 0.29) is 5.54 Å². The zero-order valence-corrected chi connectivity index (χ0v) is 15.9. The maximum atomic E-state index is 13.4. The molecule has 0 aromatic rings. The molecule has 0 bridgehead atoms. The second-order valence-electron chi connectivity index (χ2n) is 8.45. The summed E-state index contributed by atoms with van der Waals surface area (Å²) in [7, 11) is 2.16. The van der Waals surface area contributed by atoms with E-state index in [1.807, 2.05) is 0 Å². The van der Waals surface area contributed by atoms with Crippen LogP contribution in [0.1, 0.15) is 52.4 Å². The molecule has 3 fully saturated rings. The van der Waals surface area contributed by atoms with Crippen LogP contribution in [0.2, 0.25) is 0 Å². The first-order valence-corrected chi connectivity index (χ1v) is 10.00. The van der Waals surface area contributed by atoms with Crippen molar-refractivity contribution in [3.05, 3.63) is 0 Å². The predicted octanol–water partition coefficient (Wildman–Crippen LogP) is 1.54. The molecule has 5 nitrogen and oxygen atoms in total. The van der Waals surface area contributed by atoms with Gasteiger partial charge in [-0.05, 0) is 72.5 Å². The minimum atomic E-state index is -0.332. The molecule has 3 heterocycles. The first kappa shape index (κ1) is 18.2. The lowest BCUT2D eigenvalue weighted by molar-refractivity contribution is -0.142. The molecule has 0 radical (unpaired) electrons. The quantitative estimate of drug-likeness (QED) is 0.845. The Labute approximate surface area is 147 Å². The molecule has 0 saturated carbocycles. The van der Waals surface area contributed by atoms with Crippen LogP contribution in [-0.2, 0) is 4.79 Å². The Balaban J connectivity index is 1.61. The summed E-state index contributed by atoms with van der Waals surface area (Å²) in [6.45, 7) is 10.8. The van der Waals surface area contributed by atoms with E-state index in [0.29, 0.717) is 18.0 Å². The number of likely N-dealkylation sites (tertiary alicyclic amines) is 3. The summed E-state index contributed by atoms with van der Waals surface area (Å²) < 4.78 is 0. The molecule has 0 aliphatic carbocycles. The third kappa shape index (κ3) is 3.94. The second-order valence-corrected chi connectivity index (χ2v) is 8.45. The van der Waals surface area contributed by atoms with Gasteiger partial charge >= 0.3 is 0 Å². The van der Waals surface area contributed by atoms with Crippen LogP contribution in [0.15, 0.2) is 0 Å². The zero-order chi connectivity index (χ0) is 17.2. The van der Waals surface area contributed by atoms with Crippen molar-refractivity contribution in [2.75, 3.05) is 46.3 Å². The standard InChI is InChI=1S/C19H36N4O/c1-16(2)20-19(8-14-21(3)15-9-19)18(24)23-12-6-17(7-13-23)22-10-4-5-11-22/h16-17,20H,4-15H2,1-3H3. The molecule has 3 aliphatic heterocycles. The van der Waals surface area contributed by atoms with E-state index >= 15 is 0 Å². The number of nitrogens with zero attached hydrogens (tertiary/aromatic N) is 3. The molecular weight excluding hydrogens is 300 g/mol. The molecule has 0 atom stereocenters. The van der Waals surface area contributed by atoms with Gasteiger partial charge < -0.3 is 20.0 Å². The van der Waals surface area contributed by atoms with Gasteiger partial charge in [-0.15, -0.1) is 0 Å².